The first-order chi connectivity index (χ1) is 14.3. The van der Waals surface area contributed by atoms with Gasteiger partial charge in [-0.15, -0.1) is 0 Å². The highest BCUT2D eigenvalue weighted by atomic mass is 14.2. The summed E-state index contributed by atoms with van der Waals surface area (Å²) in [6.07, 6.45) is 33.8. The van der Waals surface area contributed by atoms with Crippen LogP contribution in [0.25, 0.3) is 0 Å². The van der Waals surface area contributed by atoms with Crippen LogP contribution >= 0.6 is 0 Å². The summed E-state index contributed by atoms with van der Waals surface area (Å²) in [5.41, 5.74) is 0. The van der Waals surface area contributed by atoms with Gasteiger partial charge in [-0.05, 0) is 18.3 Å². The van der Waals surface area contributed by atoms with E-state index in [0.29, 0.717) is 0 Å². The van der Waals surface area contributed by atoms with Crippen molar-refractivity contribution in [3.05, 3.63) is 0 Å². The van der Waals surface area contributed by atoms with E-state index >= 15 is 0 Å². The molecule has 29 heavy (non-hydrogen) atoms. The van der Waals surface area contributed by atoms with Crippen LogP contribution in [0.15, 0.2) is 0 Å². The molecule has 0 saturated heterocycles. The van der Waals surface area contributed by atoms with Crippen LogP contribution in [0.2, 0.25) is 0 Å². The van der Waals surface area contributed by atoms with Crippen LogP contribution < -0.4 is 0 Å². The zero-order chi connectivity index (χ0) is 21.4. The highest BCUT2D eigenvalue weighted by Crippen LogP contribution is 2.31. The molecule has 0 heteroatoms. The zero-order valence-corrected chi connectivity index (χ0v) is 21.4. The molecule has 1 atom stereocenters. The first-order valence-corrected chi connectivity index (χ1v) is 14.3. The van der Waals surface area contributed by atoms with Gasteiger partial charge in [0.05, 0.1) is 0 Å². The lowest BCUT2D eigenvalue weighted by atomic mass is 9.82. The molecule has 0 rings (SSSR count). The maximum absolute atomic E-state index is 2.34. The van der Waals surface area contributed by atoms with Crippen LogP contribution in [-0.2, 0) is 0 Å². The van der Waals surface area contributed by atoms with Gasteiger partial charge in [-0.1, -0.05) is 169 Å². The van der Waals surface area contributed by atoms with Gasteiger partial charge in [0.15, 0.2) is 0 Å². The standard InChI is InChI=1S/C29H60/c1-5-9-13-17-18-22-26-29(25-21-16-12-8-4)27-28(23-19-14-10-6-2)24-20-15-11-7-3/h28-29H,5-27H2,1-4H3. The average Bonchev–Trinajstić information content (AvgIpc) is 2.73. The van der Waals surface area contributed by atoms with Crippen molar-refractivity contribution in [2.45, 2.75) is 175 Å². The van der Waals surface area contributed by atoms with E-state index in [9.17, 15) is 0 Å². The highest BCUT2D eigenvalue weighted by Gasteiger charge is 2.16. The zero-order valence-electron chi connectivity index (χ0n) is 21.4. The van der Waals surface area contributed by atoms with Gasteiger partial charge in [0.25, 0.3) is 0 Å². The molecular weight excluding hydrogens is 348 g/mol. The quantitative estimate of drug-likeness (QED) is 0.139. The summed E-state index contributed by atoms with van der Waals surface area (Å²) in [5.74, 6) is 2.06. The van der Waals surface area contributed by atoms with Crippen LogP contribution in [0.1, 0.15) is 175 Å². The fourth-order valence-electron chi connectivity index (χ4n) is 5.02. The summed E-state index contributed by atoms with van der Waals surface area (Å²) in [4.78, 5) is 0. The normalized spacial score (nSPS) is 12.7. The summed E-state index contributed by atoms with van der Waals surface area (Å²) >= 11 is 0. The second kappa shape index (κ2) is 24.3. The van der Waals surface area contributed by atoms with E-state index in [2.05, 4.69) is 27.7 Å². The molecule has 1 unspecified atom stereocenters. The molecule has 0 heterocycles. The Balaban J connectivity index is 4.44. The Morgan fingerprint density at radius 3 is 0.862 bits per heavy atom. The fraction of sp³-hybridized carbons (Fsp3) is 1.00. The molecule has 176 valence electrons. The largest absolute Gasteiger partial charge is 0.0654 e. The smallest absolute Gasteiger partial charge is 0.0412 e. The molecule has 0 saturated carbocycles. The third-order valence-electron chi connectivity index (χ3n) is 7.03. The van der Waals surface area contributed by atoms with Crippen molar-refractivity contribution in [1.29, 1.82) is 0 Å². The number of rotatable bonds is 24. The van der Waals surface area contributed by atoms with Crippen molar-refractivity contribution in [1.82, 2.24) is 0 Å². The lowest BCUT2D eigenvalue weighted by Gasteiger charge is -2.24. The molecule has 0 aliphatic carbocycles. The average molecular weight is 409 g/mol. The van der Waals surface area contributed by atoms with E-state index in [1.165, 1.54) is 141 Å². The predicted octanol–water partition coefficient (Wildman–Crippen LogP) is 11.3. The molecule has 0 amide bonds. The van der Waals surface area contributed by atoms with Gasteiger partial charge in [0.2, 0.25) is 0 Å². The van der Waals surface area contributed by atoms with E-state index in [-0.39, 0.29) is 0 Å². The molecule has 0 aliphatic rings. The van der Waals surface area contributed by atoms with E-state index in [0.717, 1.165) is 11.8 Å². The Labute approximate surface area is 187 Å². The van der Waals surface area contributed by atoms with Gasteiger partial charge >= 0.3 is 0 Å². The van der Waals surface area contributed by atoms with E-state index in [1.54, 1.807) is 6.42 Å². The lowest BCUT2D eigenvalue weighted by molar-refractivity contribution is 0.282. The van der Waals surface area contributed by atoms with E-state index in [1.807, 2.05) is 0 Å². The Morgan fingerprint density at radius 2 is 0.552 bits per heavy atom. The maximum Gasteiger partial charge on any atom is -0.0412 e. The SMILES string of the molecule is CCCCCCCCC(CCCCCC)CC(CCCCCC)CCCCCC. The van der Waals surface area contributed by atoms with Crippen LogP contribution in [0.4, 0.5) is 0 Å². The fourth-order valence-corrected chi connectivity index (χ4v) is 5.02. The topological polar surface area (TPSA) is 0 Å². The third-order valence-corrected chi connectivity index (χ3v) is 7.03. The van der Waals surface area contributed by atoms with Gasteiger partial charge in [0.1, 0.15) is 0 Å². The van der Waals surface area contributed by atoms with Crippen molar-refractivity contribution >= 4 is 0 Å². The summed E-state index contributed by atoms with van der Waals surface area (Å²) in [6.45, 7) is 9.36. The third kappa shape index (κ3) is 21.0. The van der Waals surface area contributed by atoms with Crippen molar-refractivity contribution < 1.29 is 0 Å². The summed E-state index contributed by atoms with van der Waals surface area (Å²) in [7, 11) is 0. The molecule has 0 aromatic carbocycles. The predicted molar refractivity (Wildman–Crippen MR) is 136 cm³/mol. The monoisotopic (exact) mass is 408 g/mol. The summed E-state index contributed by atoms with van der Waals surface area (Å²) in [5, 5.41) is 0. The van der Waals surface area contributed by atoms with Gasteiger partial charge in [0, 0.05) is 0 Å². The summed E-state index contributed by atoms with van der Waals surface area (Å²) < 4.78 is 0. The molecule has 0 aromatic rings. The number of unbranched alkanes of at least 4 members (excludes halogenated alkanes) is 14. The van der Waals surface area contributed by atoms with Gasteiger partial charge in [-0.2, -0.15) is 0 Å². The minimum atomic E-state index is 1.03. The summed E-state index contributed by atoms with van der Waals surface area (Å²) in [6, 6.07) is 0. The first kappa shape index (κ1) is 29.0. The molecule has 0 aromatic heterocycles. The molecule has 0 spiro atoms. The Morgan fingerprint density at radius 1 is 0.310 bits per heavy atom. The molecule has 0 fully saturated rings. The van der Waals surface area contributed by atoms with Crippen molar-refractivity contribution in [3.63, 3.8) is 0 Å². The lowest BCUT2D eigenvalue weighted by Crippen LogP contribution is -2.10. The molecule has 0 aliphatic heterocycles. The molecule has 0 nitrogen and oxygen atoms in total. The van der Waals surface area contributed by atoms with Crippen LogP contribution in [0, 0.1) is 11.8 Å². The van der Waals surface area contributed by atoms with E-state index < -0.39 is 0 Å². The number of hydrogen-bond donors (Lipinski definition) is 0. The molecular formula is C29H60. The second-order valence-corrected chi connectivity index (χ2v) is 10.1. The maximum atomic E-state index is 2.34. The Kier molecular flexibility index (Phi) is 24.3. The first-order valence-electron chi connectivity index (χ1n) is 14.3. The van der Waals surface area contributed by atoms with Gasteiger partial charge in [-0.3, -0.25) is 0 Å². The minimum absolute atomic E-state index is 1.03. The number of hydrogen-bond acceptors (Lipinski definition) is 0. The van der Waals surface area contributed by atoms with E-state index in [4.69, 9.17) is 0 Å². The highest BCUT2D eigenvalue weighted by molar-refractivity contribution is 4.69. The molecule has 0 N–H and O–H groups in total. The van der Waals surface area contributed by atoms with Gasteiger partial charge in [-0.25, -0.2) is 0 Å². The van der Waals surface area contributed by atoms with Gasteiger partial charge < -0.3 is 0 Å². The minimum Gasteiger partial charge on any atom is -0.0654 e. The van der Waals surface area contributed by atoms with Crippen molar-refractivity contribution in [2.24, 2.45) is 11.8 Å². The molecule has 0 radical (unpaired) electrons. The van der Waals surface area contributed by atoms with Crippen LogP contribution in [0.3, 0.4) is 0 Å². The van der Waals surface area contributed by atoms with Crippen LogP contribution in [-0.4, -0.2) is 0 Å². The van der Waals surface area contributed by atoms with Crippen LogP contribution in [0.5, 0.6) is 0 Å². The van der Waals surface area contributed by atoms with Crippen molar-refractivity contribution in [2.75, 3.05) is 0 Å². The van der Waals surface area contributed by atoms with Crippen molar-refractivity contribution in [3.8, 4) is 0 Å². The Hall–Kier alpha value is 0. The molecule has 0 bridgehead atoms. The second-order valence-electron chi connectivity index (χ2n) is 10.1. The Bertz CT molecular complexity index is 270.